The molecule has 22 heavy (non-hydrogen) atoms. The number of nitrogens with two attached hydrogens (primary N) is 1. The largest absolute Gasteiger partial charge is 0.375 e. The maximum absolute atomic E-state index is 6.27. The van der Waals surface area contributed by atoms with Crippen molar-refractivity contribution in [2.75, 3.05) is 12.3 Å². The van der Waals surface area contributed by atoms with Gasteiger partial charge in [0.1, 0.15) is 0 Å². The molecule has 1 atom stereocenters. The van der Waals surface area contributed by atoms with Crippen LogP contribution in [0.15, 0.2) is 12.1 Å². The number of halogens is 2. The fourth-order valence-corrected chi connectivity index (χ4v) is 4.26. The van der Waals surface area contributed by atoms with Gasteiger partial charge < -0.3 is 5.73 Å². The van der Waals surface area contributed by atoms with Crippen LogP contribution in [0, 0.1) is 6.92 Å². The van der Waals surface area contributed by atoms with E-state index in [0.717, 1.165) is 29.9 Å². The Hall–Kier alpha value is -0.810. The third-order valence-corrected chi connectivity index (χ3v) is 5.96. The fraction of sp³-hybridized carbons (Fsp3) is 0.438. The van der Waals surface area contributed by atoms with Gasteiger partial charge in [-0.25, -0.2) is 4.98 Å². The summed E-state index contributed by atoms with van der Waals surface area (Å²) < 4.78 is 0. The third kappa shape index (κ3) is 3.11. The molecular weight excluding hydrogens is 337 g/mol. The molecule has 2 N–H and O–H groups in total. The van der Waals surface area contributed by atoms with E-state index in [9.17, 15) is 0 Å². The van der Waals surface area contributed by atoms with Gasteiger partial charge >= 0.3 is 0 Å². The molecule has 2 heterocycles. The zero-order valence-corrected chi connectivity index (χ0v) is 15.0. The fourth-order valence-electron chi connectivity index (χ4n) is 2.90. The summed E-state index contributed by atoms with van der Waals surface area (Å²) in [5.41, 5.74) is 8.70. The van der Waals surface area contributed by atoms with Gasteiger partial charge in [-0.1, -0.05) is 23.2 Å². The average Bonchev–Trinajstić information content (AvgIpc) is 3.02. The van der Waals surface area contributed by atoms with E-state index in [-0.39, 0.29) is 0 Å². The van der Waals surface area contributed by atoms with Crippen LogP contribution in [0.2, 0.25) is 10.0 Å². The second-order valence-electron chi connectivity index (χ2n) is 5.85. The minimum Gasteiger partial charge on any atom is -0.375 e. The monoisotopic (exact) mass is 355 g/mol. The van der Waals surface area contributed by atoms with Gasteiger partial charge in [-0.05, 0) is 50.9 Å². The van der Waals surface area contributed by atoms with Crippen molar-refractivity contribution in [3.63, 3.8) is 0 Å². The minimum absolute atomic E-state index is 0.588. The number of rotatable bonds is 3. The molecule has 1 aliphatic heterocycles. The number of likely N-dealkylation sites (tertiary alicyclic amines) is 1. The third-order valence-electron chi connectivity index (χ3n) is 4.31. The zero-order chi connectivity index (χ0) is 15.9. The van der Waals surface area contributed by atoms with E-state index in [0.29, 0.717) is 21.2 Å². The van der Waals surface area contributed by atoms with Crippen LogP contribution in [0.3, 0.4) is 0 Å². The van der Waals surface area contributed by atoms with E-state index in [1.54, 1.807) is 11.3 Å². The number of aromatic nitrogens is 1. The van der Waals surface area contributed by atoms with Gasteiger partial charge in [0, 0.05) is 33.1 Å². The van der Waals surface area contributed by atoms with Gasteiger partial charge in [-0.15, -0.1) is 11.3 Å². The van der Waals surface area contributed by atoms with Crippen molar-refractivity contribution in [2.45, 2.75) is 39.3 Å². The Kier molecular flexibility index (Phi) is 4.64. The first-order valence-corrected chi connectivity index (χ1v) is 8.98. The summed E-state index contributed by atoms with van der Waals surface area (Å²) in [5.74, 6) is 0. The average molecular weight is 356 g/mol. The SMILES string of the molecule is Cc1c(Cl)cc(-c2nc(N)sc2CN2CCC[C@H]2C)cc1Cl. The Morgan fingerprint density at radius 2 is 2.05 bits per heavy atom. The molecule has 2 aromatic rings. The Bertz CT molecular complexity index is 676. The van der Waals surface area contributed by atoms with E-state index in [4.69, 9.17) is 28.9 Å². The molecule has 0 bridgehead atoms. The summed E-state index contributed by atoms with van der Waals surface area (Å²) in [5, 5.41) is 1.91. The van der Waals surface area contributed by atoms with E-state index in [1.807, 2.05) is 19.1 Å². The normalized spacial score (nSPS) is 19.0. The lowest BCUT2D eigenvalue weighted by Crippen LogP contribution is -2.25. The van der Waals surface area contributed by atoms with Crippen LogP contribution in [0.25, 0.3) is 11.3 Å². The molecule has 1 aliphatic rings. The Morgan fingerprint density at radius 3 is 2.64 bits per heavy atom. The zero-order valence-electron chi connectivity index (χ0n) is 12.7. The molecule has 0 saturated carbocycles. The van der Waals surface area contributed by atoms with E-state index < -0.39 is 0 Å². The molecule has 3 rings (SSSR count). The van der Waals surface area contributed by atoms with Crippen LogP contribution >= 0.6 is 34.5 Å². The Labute approximate surface area is 145 Å². The Morgan fingerprint density at radius 1 is 1.36 bits per heavy atom. The number of nitrogens with zero attached hydrogens (tertiary/aromatic N) is 2. The predicted molar refractivity (Wildman–Crippen MR) is 95.8 cm³/mol. The topological polar surface area (TPSA) is 42.1 Å². The lowest BCUT2D eigenvalue weighted by atomic mass is 10.1. The summed E-state index contributed by atoms with van der Waals surface area (Å²) >= 11 is 14.1. The van der Waals surface area contributed by atoms with Crippen molar-refractivity contribution in [3.05, 3.63) is 32.6 Å². The van der Waals surface area contributed by atoms with Gasteiger partial charge in [-0.2, -0.15) is 0 Å². The van der Waals surface area contributed by atoms with E-state index in [2.05, 4.69) is 16.8 Å². The number of anilines is 1. The van der Waals surface area contributed by atoms with Gasteiger partial charge in [0.2, 0.25) is 0 Å². The first-order valence-electron chi connectivity index (χ1n) is 7.41. The van der Waals surface area contributed by atoms with Crippen molar-refractivity contribution in [2.24, 2.45) is 0 Å². The highest BCUT2D eigenvalue weighted by atomic mass is 35.5. The molecule has 118 valence electrons. The molecule has 6 heteroatoms. The quantitative estimate of drug-likeness (QED) is 0.842. The standard InChI is InChI=1S/C16H19Cl2N3S/c1-9-4-3-5-21(9)8-14-15(20-16(19)22-14)11-6-12(17)10(2)13(18)7-11/h6-7,9H,3-5,8H2,1-2H3,(H2,19,20)/t9-/m1/s1. The van der Waals surface area contributed by atoms with Crippen molar-refractivity contribution in [1.29, 1.82) is 0 Å². The molecule has 0 unspecified atom stereocenters. The molecular formula is C16H19Cl2N3S. The van der Waals surface area contributed by atoms with Crippen LogP contribution in [-0.2, 0) is 6.54 Å². The highest BCUT2D eigenvalue weighted by Crippen LogP contribution is 2.36. The van der Waals surface area contributed by atoms with Gasteiger partial charge in [0.15, 0.2) is 5.13 Å². The van der Waals surface area contributed by atoms with Crippen LogP contribution in [0.5, 0.6) is 0 Å². The van der Waals surface area contributed by atoms with Crippen LogP contribution in [0.1, 0.15) is 30.2 Å². The molecule has 0 aliphatic carbocycles. The first-order chi connectivity index (χ1) is 10.5. The highest BCUT2D eigenvalue weighted by Gasteiger charge is 2.23. The van der Waals surface area contributed by atoms with Crippen LogP contribution < -0.4 is 5.73 Å². The summed E-state index contributed by atoms with van der Waals surface area (Å²) in [6, 6.07) is 4.46. The first kappa shape index (κ1) is 16.1. The molecule has 1 fully saturated rings. The molecule has 1 aromatic carbocycles. The molecule has 0 spiro atoms. The summed E-state index contributed by atoms with van der Waals surface area (Å²) in [7, 11) is 0. The Balaban J connectivity index is 1.97. The highest BCUT2D eigenvalue weighted by molar-refractivity contribution is 7.15. The molecule has 0 amide bonds. The smallest absolute Gasteiger partial charge is 0.180 e. The van der Waals surface area contributed by atoms with Crippen molar-refractivity contribution < 1.29 is 0 Å². The maximum Gasteiger partial charge on any atom is 0.180 e. The van der Waals surface area contributed by atoms with E-state index >= 15 is 0 Å². The van der Waals surface area contributed by atoms with Gasteiger partial charge in [-0.3, -0.25) is 4.90 Å². The summed E-state index contributed by atoms with van der Waals surface area (Å²) in [6.07, 6.45) is 2.51. The molecule has 1 aromatic heterocycles. The van der Waals surface area contributed by atoms with E-state index in [1.165, 1.54) is 17.7 Å². The number of hydrogen-bond acceptors (Lipinski definition) is 4. The summed E-state index contributed by atoms with van der Waals surface area (Å²) in [6.45, 7) is 6.20. The second kappa shape index (κ2) is 6.36. The number of benzene rings is 1. The minimum atomic E-state index is 0.588. The predicted octanol–water partition coefficient (Wildman–Crippen LogP) is 4.99. The van der Waals surface area contributed by atoms with Crippen LogP contribution in [-0.4, -0.2) is 22.5 Å². The van der Waals surface area contributed by atoms with Gasteiger partial charge in [0.25, 0.3) is 0 Å². The maximum atomic E-state index is 6.27. The number of hydrogen-bond donors (Lipinski definition) is 1. The number of thiazole rings is 1. The lowest BCUT2D eigenvalue weighted by molar-refractivity contribution is 0.263. The molecule has 1 saturated heterocycles. The summed E-state index contributed by atoms with van der Waals surface area (Å²) in [4.78, 5) is 8.17. The lowest BCUT2D eigenvalue weighted by Gasteiger charge is -2.20. The van der Waals surface area contributed by atoms with Gasteiger partial charge in [0.05, 0.1) is 5.69 Å². The van der Waals surface area contributed by atoms with Crippen molar-refractivity contribution in [3.8, 4) is 11.3 Å². The van der Waals surface area contributed by atoms with Crippen molar-refractivity contribution >= 4 is 39.7 Å². The second-order valence-corrected chi connectivity index (χ2v) is 7.78. The van der Waals surface area contributed by atoms with Crippen LogP contribution in [0.4, 0.5) is 5.13 Å². The van der Waals surface area contributed by atoms with Crippen molar-refractivity contribution in [1.82, 2.24) is 9.88 Å². The molecule has 0 radical (unpaired) electrons. The molecule has 3 nitrogen and oxygen atoms in total. The number of nitrogen functional groups attached to an aromatic ring is 1.